The molecule has 5 heteroatoms. The van der Waals surface area contributed by atoms with E-state index in [2.05, 4.69) is 9.97 Å². The fourth-order valence-electron chi connectivity index (χ4n) is 0.396. The Kier molecular flexibility index (Phi) is 2.01. The molecule has 1 heterocycles. The summed E-state index contributed by atoms with van der Waals surface area (Å²) >= 11 is 6.87. The Morgan fingerprint density at radius 1 is 1.78 bits per heavy atom. The molecule has 48 valence electrons. The molecule has 1 rings (SSSR count). The lowest BCUT2D eigenvalue weighted by atomic mass is 10.6. The third-order valence-corrected chi connectivity index (χ3v) is 2.59. The first-order valence-corrected chi connectivity index (χ1v) is 3.69. The zero-order valence-electron chi connectivity index (χ0n) is 4.39. The van der Waals surface area contributed by atoms with E-state index in [0.717, 1.165) is 3.57 Å². The molecular weight excluding hydrogens is 249 g/mol. The maximum absolute atomic E-state index is 5.45. The normalized spacial score (nSPS) is 9.44. The van der Waals surface area contributed by atoms with E-state index in [0.29, 0.717) is 10.5 Å². The predicted molar refractivity (Wildman–Crippen MR) is 46.6 cm³/mol. The molecule has 9 heavy (non-hydrogen) atoms. The number of nitrogens with one attached hydrogen (secondary N) is 1. The van der Waals surface area contributed by atoms with Gasteiger partial charge in [0.1, 0.15) is 10.5 Å². The molecule has 0 aliphatic heterocycles. The van der Waals surface area contributed by atoms with E-state index >= 15 is 0 Å². The summed E-state index contributed by atoms with van der Waals surface area (Å²) in [5, 5.41) is 0. The van der Waals surface area contributed by atoms with Gasteiger partial charge in [-0.25, -0.2) is 4.98 Å². The molecule has 0 bridgehead atoms. The van der Waals surface area contributed by atoms with Gasteiger partial charge in [-0.15, -0.1) is 0 Å². The van der Waals surface area contributed by atoms with E-state index in [1.165, 1.54) is 6.33 Å². The largest absolute Gasteiger partial charge is 0.384 e. The average molecular weight is 253 g/mol. The van der Waals surface area contributed by atoms with Gasteiger partial charge in [0.2, 0.25) is 0 Å². The van der Waals surface area contributed by atoms with Crippen LogP contribution in [0.5, 0.6) is 0 Å². The van der Waals surface area contributed by atoms with Gasteiger partial charge in [-0.05, 0) is 22.6 Å². The van der Waals surface area contributed by atoms with Crippen molar-refractivity contribution in [2.75, 3.05) is 5.73 Å². The second-order valence-electron chi connectivity index (χ2n) is 1.44. The first-order chi connectivity index (χ1) is 4.22. The minimum absolute atomic E-state index is 0.548. The summed E-state index contributed by atoms with van der Waals surface area (Å²) in [6.45, 7) is 0. The highest BCUT2D eigenvalue weighted by Gasteiger charge is 1.93. The predicted octanol–water partition coefficient (Wildman–Crippen LogP) is 1.33. The van der Waals surface area contributed by atoms with E-state index in [1.807, 2.05) is 22.6 Å². The molecule has 3 nitrogen and oxygen atoms in total. The summed E-state index contributed by atoms with van der Waals surface area (Å²) in [4.78, 5) is 6.54. The molecule has 0 aromatic carbocycles. The third kappa shape index (κ3) is 1.39. The van der Waals surface area contributed by atoms with Gasteiger partial charge < -0.3 is 10.7 Å². The van der Waals surface area contributed by atoms with Crippen LogP contribution in [0.3, 0.4) is 0 Å². The van der Waals surface area contributed by atoms with Crippen LogP contribution >= 0.6 is 34.8 Å². The van der Waals surface area contributed by atoms with Crippen molar-refractivity contribution in [2.24, 2.45) is 0 Å². The SMILES string of the molecule is Nc1[nH]cnc(=S)c1I. The quantitative estimate of drug-likeness (QED) is 0.541. The lowest BCUT2D eigenvalue weighted by Gasteiger charge is -1.93. The molecule has 0 radical (unpaired) electrons. The number of aromatic amines is 1. The highest BCUT2D eigenvalue weighted by atomic mass is 127. The highest BCUT2D eigenvalue weighted by Crippen LogP contribution is 2.09. The van der Waals surface area contributed by atoms with Gasteiger partial charge in [-0.3, -0.25) is 0 Å². The number of rotatable bonds is 0. The van der Waals surface area contributed by atoms with Gasteiger partial charge in [0.25, 0.3) is 0 Å². The summed E-state index contributed by atoms with van der Waals surface area (Å²) < 4.78 is 1.36. The number of H-pyrrole nitrogens is 1. The molecule has 1 aromatic rings. The second kappa shape index (κ2) is 2.61. The van der Waals surface area contributed by atoms with E-state index in [-0.39, 0.29) is 0 Å². The molecule has 0 unspecified atom stereocenters. The van der Waals surface area contributed by atoms with Crippen molar-refractivity contribution in [2.45, 2.75) is 0 Å². The van der Waals surface area contributed by atoms with Gasteiger partial charge in [-0.1, -0.05) is 12.2 Å². The van der Waals surface area contributed by atoms with Gasteiger partial charge >= 0.3 is 0 Å². The van der Waals surface area contributed by atoms with Gasteiger partial charge in [0.05, 0.1) is 9.90 Å². The fourth-order valence-corrected chi connectivity index (χ4v) is 0.853. The minimum atomic E-state index is 0.548. The van der Waals surface area contributed by atoms with Crippen molar-refractivity contribution in [3.63, 3.8) is 0 Å². The monoisotopic (exact) mass is 253 g/mol. The zero-order chi connectivity index (χ0) is 6.85. The van der Waals surface area contributed by atoms with Crippen LogP contribution in [0.25, 0.3) is 0 Å². The van der Waals surface area contributed by atoms with E-state index in [4.69, 9.17) is 18.0 Å². The van der Waals surface area contributed by atoms with Crippen molar-refractivity contribution in [1.29, 1.82) is 0 Å². The van der Waals surface area contributed by atoms with Crippen molar-refractivity contribution >= 4 is 40.6 Å². The number of nitrogens with zero attached hydrogens (tertiary/aromatic N) is 1. The maximum atomic E-state index is 5.45. The summed E-state index contributed by atoms with van der Waals surface area (Å²) in [5.74, 6) is 0.579. The summed E-state index contributed by atoms with van der Waals surface area (Å²) in [6, 6.07) is 0. The smallest absolute Gasteiger partial charge is 0.144 e. The number of hydrogen-bond acceptors (Lipinski definition) is 3. The Balaban J connectivity index is 3.43. The molecule has 1 aromatic heterocycles. The maximum Gasteiger partial charge on any atom is 0.144 e. The Labute approximate surface area is 70.8 Å². The molecule has 3 N–H and O–H groups in total. The van der Waals surface area contributed by atoms with Crippen LogP contribution < -0.4 is 5.73 Å². The molecule has 0 atom stereocenters. The number of aromatic nitrogens is 2. The molecule has 0 saturated heterocycles. The third-order valence-electron chi connectivity index (χ3n) is 0.826. The molecule has 0 aliphatic rings. The lowest BCUT2D eigenvalue weighted by Crippen LogP contribution is -1.94. The molecule has 0 amide bonds. The number of anilines is 1. The topological polar surface area (TPSA) is 54.7 Å². The van der Waals surface area contributed by atoms with Crippen LogP contribution in [-0.2, 0) is 0 Å². The van der Waals surface area contributed by atoms with Gasteiger partial charge in [0.15, 0.2) is 0 Å². The van der Waals surface area contributed by atoms with Crippen molar-refractivity contribution < 1.29 is 0 Å². The van der Waals surface area contributed by atoms with E-state index in [1.54, 1.807) is 0 Å². The fraction of sp³-hybridized carbons (Fsp3) is 0. The van der Waals surface area contributed by atoms with Crippen LogP contribution in [0.15, 0.2) is 6.33 Å². The Hall–Kier alpha value is -0.170. The molecule has 0 spiro atoms. The molecule has 0 fully saturated rings. The van der Waals surface area contributed by atoms with E-state index in [9.17, 15) is 0 Å². The Morgan fingerprint density at radius 3 is 2.89 bits per heavy atom. The van der Waals surface area contributed by atoms with Gasteiger partial charge in [0, 0.05) is 0 Å². The molecule has 0 saturated carbocycles. The number of nitrogen functional groups attached to an aromatic ring is 1. The summed E-state index contributed by atoms with van der Waals surface area (Å²) in [6.07, 6.45) is 1.49. The minimum Gasteiger partial charge on any atom is -0.384 e. The van der Waals surface area contributed by atoms with Crippen molar-refractivity contribution in [3.8, 4) is 0 Å². The first-order valence-electron chi connectivity index (χ1n) is 2.20. The number of hydrogen-bond donors (Lipinski definition) is 2. The number of halogens is 1. The number of nitrogens with two attached hydrogens (primary N) is 1. The first kappa shape index (κ1) is 6.94. The summed E-state index contributed by atoms with van der Waals surface area (Å²) in [5.41, 5.74) is 5.45. The summed E-state index contributed by atoms with van der Waals surface area (Å²) in [7, 11) is 0. The molecule has 0 aliphatic carbocycles. The lowest BCUT2D eigenvalue weighted by molar-refractivity contribution is 1.14. The van der Waals surface area contributed by atoms with Crippen molar-refractivity contribution in [1.82, 2.24) is 9.97 Å². The Morgan fingerprint density at radius 2 is 2.44 bits per heavy atom. The van der Waals surface area contributed by atoms with Crippen LogP contribution in [0, 0.1) is 8.21 Å². The van der Waals surface area contributed by atoms with E-state index < -0.39 is 0 Å². The van der Waals surface area contributed by atoms with Crippen molar-refractivity contribution in [3.05, 3.63) is 14.5 Å². The average Bonchev–Trinajstić information content (AvgIpc) is 1.83. The van der Waals surface area contributed by atoms with Crippen LogP contribution in [-0.4, -0.2) is 9.97 Å². The standard InChI is InChI=1S/C4H4IN3S/c5-2-3(6)7-1-8-4(2)9/h1H,(H3,6,7,8,9). The van der Waals surface area contributed by atoms with Gasteiger partial charge in [-0.2, -0.15) is 0 Å². The van der Waals surface area contributed by atoms with Crippen LogP contribution in [0.1, 0.15) is 0 Å². The van der Waals surface area contributed by atoms with Crippen LogP contribution in [0.4, 0.5) is 5.82 Å². The molecular formula is C4H4IN3S. The zero-order valence-corrected chi connectivity index (χ0v) is 7.36. The Bertz CT molecular complexity index is 269. The second-order valence-corrected chi connectivity index (χ2v) is 2.90. The highest BCUT2D eigenvalue weighted by molar-refractivity contribution is 14.1. The van der Waals surface area contributed by atoms with Crippen LogP contribution in [0.2, 0.25) is 0 Å².